The number of hydrogen-bond acceptors (Lipinski definition) is 4. The van der Waals surface area contributed by atoms with E-state index in [2.05, 4.69) is 33.6 Å². The molecular weight excluding hydrogens is 298 g/mol. The van der Waals surface area contributed by atoms with E-state index >= 15 is 0 Å². The predicted molar refractivity (Wildman–Crippen MR) is 87.2 cm³/mol. The fraction of sp³-hybridized carbons (Fsp3) is 0.533. The normalized spacial score (nSPS) is 15.5. The van der Waals surface area contributed by atoms with Crippen molar-refractivity contribution in [1.82, 2.24) is 24.6 Å². The number of thioether (sulfide) groups is 1. The first-order valence-electron chi connectivity index (χ1n) is 7.57. The van der Waals surface area contributed by atoms with Gasteiger partial charge in [-0.05, 0) is 6.07 Å². The molecule has 0 bridgehead atoms. The van der Waals surface area contributed by atoms with Crippen LogP contribution in [0.4, 0.5) is 0 Å². The van der Waals surface area contributed by atoms with Crippen LogP contribution < -0.4 is 0 Å². The highest BCUT2D eigenvalue weighted by molar-refractivity contribution is 7.99. The lowest BCUT2D eigenvalue weighted by Gasteiger charge is -2.25. The highest BCUT2D eigenvalue weighted by Crippen LogP contribution is 2.15. The number of nitrogens with zero attached hydrogens (tertiary/aromatic N) is 4. The maximum absolute atomic E-state index is 12.4. The summed E-state index contributed by atoms with van der Waals surface area (Å²) in [5.74, 6) is 3.45. The largest absolute Gasteiger partial charge is 0.336 e. The standard InChI is InChI=1S/C15H21N5OS/c1-11(2)14-16-3-4-20(14)10-12-9-13(18-17-12)15(21)19-5-7-22-8-6-19/h3-4,9,11H,5-8,10H2,1-2H3,(H,17,18). The molecule has 1 fully saturated rings. The van der Waals surface area contributed by atoms with Crippen LogP contribution in [0.25, 0.3) is 0 Å². The van der Waals surface area contributed by atoms with Crippen molar-refractivity contribution >= 4 is 17.7 Å². The number of nitrogens with one attached hydrogen (secondary N) is 1. The van der Waals surface area contributed by atoms with Gasteiger partial charge in [-0.1, -0.05) is 13.8 Å². The first-order valence-corrected chi connectivity index (χ1v) is 8.73. The van der Waals surface area contributed by atoms with Gasteiger partial charge in [0.15, 0.2) is 0 Å². The Balaban J connectivity index is 1.70. The number of rotatable bonds is 4. The van der Waals surface area contributed by atoms with E-state index in [1.54, 1.807) is 0 Å². The van der Waals surface area contributed by atoms with E-state index in [0.29, 0.717) is 18.2 Å². The predicted octanol–water partition coefficient (Wildman–Crippen LogP) is 1.97. The van der Waals surface area contributed by atoms with E-state index in [-0.39, 0.29) is 5.91 Å². The maximum atomic E-state index is 12.4. The summed E-state index contributed by atoms with van der Waals surface area (Å²) in [4.78, 5) is 18.7. The summed E-state index contributed by atoms with van der Waals surface area (Å²) in [6.07, 6.45) is 3.77. The first kappa shape index (κ1) is 15.1. The van der Waals surface area contributed by atoms with E-state index in [4.69, 9.17) is 0 Å². The van der Waals surface area contributed by atoms with Gasteiger partial charge in [0.1, 0.15) is 11.5 Å². The number of aromatic amines is 1. The van der Waals surface area contributed by atoms with Crippen LogP contribution in [-0.2, 0) is 6.54 Å². The third-order valence-corrected chi connectivity index (χ3v) is 4.70. The number of carbonyl (C=O) groups excluding carboxylic acids is 1. The molecule has 0 saturated carbocycles. The second-order valence-corrected chi connectivity index (χ2v) is 6.98. The van der Waals surface area contributed by atoms with Crippen LogP contribution in [0.3, 0.4) is 0 Å². The second-order valence-electron chi connectivity index (χ2n) is 5.75. The average molecular weight is 319 g/mol. The Morgan fingerprint density at radius 3 is 2.91 bits per heavy atom. The summed E-state index contributed by atoms with van der Waals surface area (Å²) in [5, 5.41) is 7.17. The number of imidazole rings is 1. The van der Waals surface area contributed by atoms with Crippen LogP contribution in [0.1, 0.15) is 41.8 Å². The Morgan fingerprint density at radius 1 is 1.41 bits per heavy atom. The molecule has 0 unspecified atom stereocenters. The molecule has 2 aromatic rings. The van der Waals surface area contributed by atoms with Crippen molar-refractivity contribution in [3.05, 3.63) is 35.7 Å². The van der Waals surface area contributed by atoms with Gasteiger partial charge in [-0.25, -0.2) is 4.98 Å². The Labute approximate surface area is 134 Å². The van der Waals surface area contributed by atoms with Gasteiger partial charge in [-0.15, -0.1) is 0 Å². The molecule has 1 aliphatic heterocycles. The van der Waals surface area contributed by atoms with E-state index in [1.807, 2.05) is 35.1 Å². The number of hydrogen-bond donors (Lipinski definition) is 1. The minimum Gasteiger partial charge on any atom is -0.336 e. The molecule has 6 nitrogen and oxygen atoms in total. The van der Waals surface area contributed by atoms with E-state index in [9.17, 15) is 4.79 Å². The third kappa shape index (κ3) is 3.19. The molecule has 1 N–H and O–H groups in total. The number of aromatic nitrogens is 4. The molecule has 0 aromatic carbocycles. The van der Waals surface area contributed by atoms with Crippen molar-refractivity contribution in [1.29, 1.82) is 0 Å². The molecule has 3 heterocycles. The van der Waals surface area contributed by atoms with E-state index in [1.165, 1.54) is 0 Å². The highest BCUT2D eigenvalue weighted by atomic mass is 32.2. The highest BCUT2D eigenvalue weighted by Gasteiger charge is 2.21. The molecule has 118 valence electrons. The van der Waals surface area contributed by atoms with Crippen LogP contribution in [0, 0.1) is 0 Å². The lowest BCUT2D eigenvalue weighted by molar-refractivity contribution is 0.0766. The Morgan fingerprint density at radius 2 is 2.18 bits per heavy atom. The van der Waals surface area contributed by atoms with Gasteiger partial charge in [0.05, 0.1) is 12.2 Å². The van der Waals surface area contributed by atoms with Crippen LogP contribution in [0.15, 0.2) is 18.5 Å². The van der Waals surface area contributed by atoms with Crippen molar-refractivity contribution in [2.75, 3.05) is 24.6 Å². The van der Waals surface area contributed by atoms with Gasteiger partial charge in [0, 0.05) is 42.9 Å². The van der Waals surface area contributed by atoms with Gasteiger partial charge < -0.3 is 9.47 Å². The third-order valence-electron chi connectivity index (χ3n) is 3.75. The van der Waals surface area contributed by atoms with E-state index in [0.717, 1.165) is 36.1 Å². The lowest BCUT2D eigenvalue weighted by Crippen LogP contribution is -2.38. The molecule has 2 aromatic heterocycles. The van der Waals surface area contributed by atoms with Crippen molar-refractivity contribution in [2.24, 2.45) is 0 Å². The summed E-state index contributed by atoms with van der Waals surface area (Å²) >= 11 is 1.89. The SMILES string of the molecule is CC(C)c1nccn1Cc1cc(C(=O)N2CCSCC2)n[nH]1. The fourth-order valence-electron chi connectivity index (χ4n) is 2.62. The summed E-state index contributed by atoms with van der Waals surface area (Å²) < 4.78 is 2.09. The summed E-state index contributed by atoms with van der Waals surface area (Å²) in [6.45, 7) is 6.52. The van der Waals surface area contributed by atoms with Crippen LogP contribution >= 0.6 is 11.8 Å². The monoisotopic (exact) mass is 319 g/mol. The second kappa shape index (κ2) is 6.56. The zero-order chi connectivity index (χ0) is 15.5. The minimum atomic E-state index is 0.0255. The molecule has 0 atom stereocenters. The molecule has 3 rings (SSSR count). The molecule has 7 heteroatoms. The van der Waals surface area contributed by atoms with Gasteiger partial charge in [-0.2, -0.15) is 16.9 Å². The molecular formula is C15H21N5OS. The number of amides is 1. The van der Waals surface area contributed by atoms with Crippen LogP contribution in [0.5, 0.6) is 0 Å². The Bertz CT molecular complexity index is 642. The zero-order valence-corrected chi connectivity index (χ0v) is 13.8. The number of H-pyrrole nitrogens is 1. The van der Waals surface area contributed by atoms with Crippen molar-refractivity contribution in [2.45, 2.75) is 26.3 Å². The Hall–Kier alpha value is -1.76. The quantitative estimate of drug-likeness (QED) is 0.935. The first-order chi connectivity index (χ1) is 10.6. The van der Waals surface area contributed by atoms with Crippen molar-refractivity contribution in [3.63, 3.8) is 0 Å². The molecule has 0 spiro atoms. The molecule has 1 amide bonds. The average Bonchev–Trinajstić information content (AvgIpc) is 3.17. The summed E-state index contributed by atoms with van der Waals surface area (Å²) in [5.41, 5.74) is 1.43. The van der Waals surface area contributed by atoms with Crippen LogP contribution in [0.2, 0.25) is 0 Å². The molecule has 22 heavy (non-hydrogen) atoms. The summed E-state index contributed by atoms with van der Waals surface area (Å²) in [7, 11) is 0. The van der Waals surface area contributed by atoms with Gasteiger partial charge in [-0.3, -0.25) is 9.89 Å². The number of carbonyl (C=O) groups is 1. The minimum absolute atomic E-state index is 0.0255. The molecule has 1 aliphatic rings. The van der Waals surface area contributed by atoms with Crippen molar-refractivity contribution in [3.8, 4) is 0 Å². The van der Waals surface area contributed by atoms with Crippen molar-refractivity contribution < 1.29 is 4.79 Å². The zero-order valence-electron chi connectivity index (χ0n) is 13.0. The smallest absolute Gasteiger partial charge is 0.274 e. The summed E-state index contributed by atoms with van der Waals surface area (Å²) in [6, 6.07) is 1.86. The van der Waals surface area contributed by atoms with E-state index < -0.39 is 0 Å². The van der Waals surface area contributed by atoms with Crippen LogP contribution in [-0.4, -0.2) is 55.2 Å². The molecule has 0 aliphatic carbocycles. The lowest BCUT2D eigenvalue weighted by atomic mass is 10.2. The molecule has 0 radical (unpaired) electrons. The molecule has 1 saturated heterocycles. The Kier molecular flexibility index (Phi) is 4.52. The topological polar surface area (TPSA) is 66.8 Å². The van der Waals surface area contributed by atoms with Gasteiger partial charge in [0.25, 0.3) is 5.91 Å². The maximum Gasteiger partial charge on any atom is 0.274 e. The fourth-order valence-corrected chi connectivity index (χ4v) is 3.52. The van der Waals surface area contributed by atoms with Gasteiger partial charge >= 0.3 is 0 Å². The van der Waals surface area contributed by atoms with Gasteiger partial charge in [0.2, 0.25) is 0 Å².